The van der Waals surface area contributed by atoms with Gasteiger partial charge in [-0.1, -0.05) is 0 Å². The van der Waals surface area contributed by atoms with Gasteiger partial charge in [-0.2, -0.15) is 0 Å². The number of nitrogens with two attached hydrogens (primary N) is 1. The molecule has 1 heterocycles. The van der Waals surface area contributed by atoms with Gasteiger partial charge in [0.1, 0.15) is 15.7 Å². The molecule has 6 heteroatoms. The molecule has 0 saturated heterocycles. The summed E-state index contributed by atoms with van der Waals surface area (Å²) in [5, 5.41) is 0. The zero-order valence-corrected chi connectivity index (χ0v) is 9.16. The van der Waals surface area contributed by atoms with Crippen LogP contribution in [0.2, 0.25) is 0 Å². The van der Waals surface area contributed by atoms with Gasteiger partial charge in [0.2, 0.25) is 0 Å². The molecule has 1 atom stereocenters. The molecule has 1 aromatic rings. The summed E-state index contributed by atoms with van der Waals surface area (Å²) in [6.45, 7) is 2.70. The summed E-state index contributed by atoms with van der Waals surface area (Å²) in [6.07, 6.45) is 4.59. The topological polar surface area (TPSA) is 78.0 Å². The average Bonchev–Trinajstić information content (AvgIpc) is 2.47. The third-order valence-electron chi connectivity index (χ3n) is 1.90. The molecule has 0 aliphatic rings. The molecule has 0 aliphatic heterocycles. The highest BCUT2D eigenvalue weighted by atomic mass is 32.2. The van der Waals surface area contributed by atoms with E-state index in [0.717, 1.165) is 6.54 Å². The van der Waals surface area contributed by atoms with E-state index >= 15 is 0 Å². The summed E-state index contributed by atoms with van der Waals surface area (Å²) in [5.74, 6) is 0.558. The number of aromatic nitrogens is 2. The lowest BCUT2D eigenvalue weighted by Crippen LogP contribution is -2.24. The van der Waals surface area contributed by atoms with Crippen LogP contribution in [0.1, 0.15) is 18.8 Å². The molecule has 0 bridgehead atoms. The minimum absolute atomic E-state index is 0.0655. The van der Waals surface area contributed by atoms with E-state index in [1.165, 1.54) is 6.26 Å². The van der Waals surface area contributed by atoms with E-state index in [1.54, 1.807) is 12.4 Å². The Labute approximate surface area is 83.9 Å². The Bertz CT molecular complexity index is 396. The SMILES string of the molecule is CCn1ccnc1C(N)CS(C)(=O)=O. The number of imidazole rings is 1. The van der Waals surface area contributed by atoms with Gasteiger partial charge in [0.15, 0.2) is 0 Å². The van der Waals surface area contributed by atoms with Crippen LogP contribution in [-0.4, -0.2) is 30.0 Å². The van der Waals surface area contributed by atoms with Crippen LogP contribution in [0.4, 0.5) is 0 Å². The summed E-state index contributed by atoms with van der Waals surface area (Å²) in [6, 6.07) is -0.542. The van der Waals surface area contributed by atoms with Crippen LogP contribution in [-0.2, 0) is 16.4 Å². The van der Waals surface area contributed by atoms with Crippen LogP contribution >= 0.6 is 0 Å². The van der Waals surface area contributed by atoms with Gasteiger partial charge < -0.3 is 10.3 Å². The Balaban J connectivity index is 2.84. The zero-order valence-electron chi connectivity index (χ0n) is 8.34. The second-order valence-electron chi connectivity index (χ2n) is 3.27. The Morgan fingerprint density at radius 1 is 1.64 bits per heavy atom. The van der Waals surface area contributed by atoms with Gasteiger partial charge in [-0.15, -0.1) is 0 Å². The number of rotatable bonds is 4. The molecule has 2 N–H and O–H groups in total. The third kappa shape index (κ3) is 2.81. The highest BCUT2D eigenvalue weighted by molar-refractivity contribution is 7.90. The molecule has 1 aromatic heterocycles. The van der Waals surface area contributed by atoms with Crippen molar-refractivity contribution in [2.24, 2.45) is 5.73 Å². The van der Waals surface area contributed by atoms with E-state index in [1.807, 2.05) is 11.5 Å². The van der Waals surface area contributed by atoms with Gasteiger partial charge >= 0.3 is 0 Å². The maximum atomic E-state index is 11.0. The quantitative estimate of drug-likeness (QED) is 0.767. The Hall–Kier alpha value is -0.880. The second kappa shape index (κ2) is 4.10. The summed E-state index contributed by atoms with van der Waals surface area (Å²) in [4.78, 5) is 4.04. The first-order chi connectivity index (χ1) is 6.44. The van der Waals surface area contributed by atoms with Crippen molar-refractivity contribution in [1.82, 2.24) is 9.55 Å². The van der Waals surface area contributed by atoms with Crippen LogP contribution in [0.15, 0.2) is 12.4 Å². The highest BCUT2D eigenvalue weighted by Gasteiger charge is 2.16. The highest BCUT2D eigenvalue weighted by Crippen LogP contribution is 2.09. The molecule has 0 fully saturated rings. The number of sulfone groups is 1. The molecule has 14 heavy (non-hydrogen) atoms. The molecule has 0 spiro atoms. The normalized spacial score (nSPS) is 14.2. The minimum atomic E-state index is -3.05. The fourth-order valence-corrected chi connectivity index (χ4v) is 2.12. The first-order valence-electron chi connectivity index (χ1n) is 4.38. The lowest BCUT2D eigenvalue weighted by atomic mass is 10.3. The Kier molecular flexibility index (Phi) is 3.28. The standard InChI is InChI=1S/C8H15N3O2S/c1-3-11-5-4-10-8(11)7(9)6-14(2,12)13/h4-5,7H,3,6,9H2,1-2H3. The van der Waals surface area contributed by atoms with E-state index in [2.05, 4.69) is 4.98 Å². The monoisotopic (exact) mass is 217 g/mol. The average molecular weight is 217 g/mol. The maximum Gasteiger partial charge on any atom is 0.149 e. The first-order valence-corrected chi connectivity index (χ1v) is 6.44. The van der Waals surface area contributed by atoms with E-state index in [-0.39, 0.29) is 5.75 Å². The summed E-state index contributed by atoms with van der Waals surface area (Å²) >= 11 is 0. The van der Waals surface area contributed by atoms with E-state index < -0.39 is 15.9 Å². The van der Waals surface area contributed by atoms with Crippen molar-refractivity contribution in [2.45, 2.75) is 19.5 Å². The number of nitrogens with zero attached hydrogens (tertiary/aromatic N) is 2. The van der Waals surface area contributed by atoms with Crippen molar-refractivity contribution in [1.29, 1.82) is 0 Å². The van der Waals surface area contributed by atoms with Crippen LogP contribution in [0.5, 0.6) is 0 Å². The van der Waals surface area contributed by atoms with E-state index in [4.69, 9.17) is 5.73 Å². The molecule has 0 aliphatic carbocycles. The zero-order chi connectivity index (χ0) is 10.8. The summed E-state index contributed by atoms with van der Waals surface area (Å²) in [7, 11) is -3.05. The maximum absolute atomic E-state index is 11.0. The molecule has 1 unspecified atom stereocenters. The van der Waals surface area contributed by atoms with Gasteiger partial charge in [0.05, 0.1) is 11.8 Å². The van der Waals surface area contributed by atoms with Crippen LogP contribution in [0, 0.1) is 0 Å². The van der Waals surface area contributed by atoms with Gasteiger partial charge in [-0.05, 0) is 6.92 Å². The predicted molar refractivity (Wildman–Crippen MR) is 54.5 cm³/mol. The van der Waals surface area contributed by atoms with Crippen LogP contribution in [0.3, 0.4) is 0 Å². The van der Waals surface area contributed by atoms with Crippen molar-refractivity contribution in [2.75, 3.05) is 12.0 Å². The molecule has 80 valence electrons. The molecule has 0 amide bonds. The lowest BCUT2D eigenvalue weighted by Gasteiger charge is -2.11. The van der Waals surface area contributed by atoms with Crippen molar-refractivity contribution in [3.8, 4) is 0 Å². The lowest BCUT2D eigenvalue weighted by molar-refractivity contribution is 0.583. The first kappa shape index (κ1) is 11.2. The predicted octanol–water partition coefficient (Wildman–Crippen LogP) is -0.0526. The van der Waals surface area contributed by atoms with Crippen molar-refractivity contribution in [3.05, 3.63) is 18.2 Å². The smallest absolute Gasteiger partial charge is 0.149 e. The van der Waals surface area contributed by atoms with E-state index in [9.17, 15) is 8.42 Å². The Morgan fingerprint density at radius 2 is 2.29 bits per heavy atom. The minimum Gasteiger partial charge on any atom is -0.334 e. The second-order valence-corrected chi connectivity index (χ2v) is 5.46. The molecular weight excluding hydrogens is 202 g/mol. The molecule has 1 rings (SSSR count). The van der Waals surface area contributed by atoms with Gasteiger partial charge in [0, 0.05) is 25.2 Å². The van der Waals surface area contributed by atoms with E-state index in [0.29, 0.717) is 5.82 Å². The number of aryl methyl sites for hydroxylation is 1. The van der Waals surface area contributed by atoms with Gasteiger partial charge in [0.25, 0.3) is 0 Å². The largest absolute Gasteiger partial charge is 0.334 e. The van der Waals surface area contributed by atoms with Gasteiger partial charge in [-0.3, -0.25) is 0 Å². The van der Waals surface area contributed by atoms with Crippen LogP contribution < -0.4 is 5.73 Å². The van der Waals surface area contributed by atoms with Crippen molar-refractivity contribution < 1.29 is 8.42 Å². The molecule has 0 aromatic carbocycles. The molecular formula is C8H15N3O2S. The molecule has 0 radical (unpaired) electrons. The summed E-state index contributed by atoms with van der Waals surface area (Å²) < 4.78 is 23.9. The molecule has 0 saturated carbocycles. The number of hydrogen-bond donors (Lipinski definition) is 1. The van der Waals surface area contributed by atoms with Crippen molar-refractivity contribution >= 4 is 9.84 Å². The third-order valence-corrected chi connectivity index (χ3v) is 2.87. The fourth-order valence-electron chi connectivity index (χ4n) is 1.32. The molecule has 5 nitrogen and oxygen atoms in total. The Morgan fingerprint density at radius 3 is 2.79 bits per heavy atom. The van der Waals surface area contributed by atoms with Crippen molar-refractivity contribution in [3.63, 3.8) is 0 Å². The van der Waals surface area contributed by atoms with Gasteiger partial charge in [-0.25, -0.2) is 13.4 Å². The number of hydrogen-bond acceptors (Lipinski definition) is 4. The summed E-state index contributed by atoms with van der Waals surface area (Å²) in [5.41, 5.74) is 5.74. The fraction of sp³-hybridized carbons (Fsp3) is 0.625. The van der Waals surface area contributed by atoms with Crippen LogP contribution in [0.25, 0.3) is 0 Å².